The van der Waals surface area contributed by atoms with E-state index in [0.717, 1.165) is 0 Å². The smallest absolute Gasteiger partial charge is 0.194 e. The number of ether oxygens (including phenoxy) is 2. The zero-order valence-electron chi connectivity index (χ0n) is 12.5. The van der Waals surface area contributed by atoms with Crippen molar-refractivity contribution >= 4 is 33.3 Å². The van der Waals surface area contributed by atoms with Gasteiger partial charge in [-0.1, -0.05) is 15.9 Å². The van der Waals surface area contributed by atoms with E-state index in [9.17, 15) is 14.4 Å². The molecule has 0 amide bonds. The summed E-state index contributed by atoms with van der Waals surface area (Å²) in [7, 11) is 2.89. The molecule has 6 heteroatoms. The van der Waals surface area contributed by atoms with Gasteiger partial charge in [-0.25, -0.2) is 0 Å². The highest BCUT2D eigenvalue weighted by Gasteiger charge is 2.35. The maximum Gasteiger partial charge on any atom is 0.194 e. The number of allylic oxidation sites excluding steroid dienone is 2. The maximum atomic E-state index is 12.7. The van der Waals surface area contributed by atoms with E-state index in [2.05, 4.69) is 15.9 Å². The Bertz CT molecular complexity index is 703. The van der Waals surface area contributed by atoms with Crippen molar-refractivity contribution in [1.29, 1.82) is 0 Å². The van der Waals surface area contributed by atoms with Gasteiger partial charge >= 0.3 is 0 Å². The Labute approximate surface area is 136 Å². The van der Waals surface area contributed by atoms with Crippen LogP contribution >= 0.6 is 15.9 Å². The number of ketones is 3. The van der Waals surface area contributed by atoms with Crippen LogP contribution in [0, 0.1) is 0 Å². The molecule has 0 radical (unpaired) electrons. The molecule has 5 nitrogen and oxygen atoms in total. The van der Waals surface area contributed by atoms with Crippen molar-refractivity contribution in [3.05, 3.63) is 34.4 Å². The Balaban J connectivity index is 2.71. The van der Waals surface area contributed by atoms with Gasteiger partial charge in [0, 0.05) is 34.5 Å². The SMILES string of the molecule is COc1cc(OC)c2c(c1)C(=O)C(CC(C)=O)=C(CBr)C2=O. The fourth-order valence-corrected chi connectivity index (χ4v) is 3.04. The number of halogens is 1. The van der Waals surface area contributed by atoms with Gasteiger partial charge in [0.05, 0.1) is 19.8 Å². The Morgan fingerprint density at radius 3 is 2.27 bits per heavy atom. The Morgan fingerprint density at radius 1 is 1.09 bits per heavy atom. The molecule has 0 unspecified atom stereocenters. The lowest BCUT2D eigenvalue weighted by atomic mass is 9.82. The summed E-state index contributed by atoms with van der Waals surface area (Å²) in [5.41, 5.74) is 0.963. The largest absolute Gasteiger partial charge is 0.497 e. The average Bonchev–Trinajstić information content (AvgIpc) is 2.50. The average molecular weight is 367 g/mol. The van der Waals surface area contributed by atoms with Crippen LogP contribution in [0.2, 0.25) is 0 Å². The number of Topliss-reactive ketones (excluding diaryl/α,β-unsaturated/α-hetero) is 3. The van der Waals surface area contributed by atoms with Crippen molar-refractivity contribution in [2.45, 2.75) is 13.3 Å². The number of benzene rings is 1. The summed E-state index contributed by atoms with van der Waals surface area (Å²) in [4.78, 5) is 36.8. The zero-order valence-corrected chi connectivity index (χ0v) is 14.1. The molecular formula is C16H15BrO5. The third-order valence-corrected chi connectivity index (χ3v) is 4.04. The van der Waals surface area contributed by atoms with Crippen LogP contribution in [-0.2, 0) is 4.79 Å². The molecule has 0 aliphatic heterocycles. The standard InChI is InChI=1S/C16H15BrO5/c1-8(18)4-10-12(7-17)16(20)14-11(15(10)19)5-9(21-2)6-13(14)22-3/h5-6H,4,7H2,1-3H3. The Morgan fingerprint density at radius 2 is 1.77 bits per heavy atom. The molecule has 0 aromatic heterocycles. The first-order valence-corrected chi connectivity index (χ1v) is 7.69. The van der Waals surface area contributed by atoms with Crippen molar-refractivity contribution in [2.75, 3.05) is 19.5 Å². The minimum Gasteiger partial charge on any atom is -0.497 e. The van der Waals surface area contributed by atoms with E-state index in [4.69, 9.17) is 9.47 Å². The molecular weight excluding hydrogens is 352 g/mol. The number of methoxy groups -OCH3 is 2. The lowest BCUT2D eigenvalue weighted by molar-refractivity contribution is -0.116. The highest BCUT2D eigenvalue weighted by atomic mass is 79.9. The second-order valence-electron chi connectivity index (χ2n) is 4.88. The van der Waals surface area contributed by atoms with Crippen LogP contribution in [0.5, 0.6) is 11.5 Å². The topological polar surface area (TPSA) is 69.7 Å². The molecule has 1 aromatic carbocycles. The molecule has 1 aliphatic rings. The number of alkyl halides is 1. The summed E-state index contributed by atoms with van der Waals surface area (Å²) in [5, 5.41) is 0.203. The number of rotatable bonds is 5. The molecule has 2 rings (SSSR count). The predicted molar refractivity (Wildman–Crippen MR) is 84.3 cm³/mol. The van der Waals surface area contributed by atoms with Crippen molar-refractivity contribution in [2.24, 2.45) is 0 Å². The van der Waals surface area contributed by atoms with Crippen LogP contribution in [-0.4, -0.2) is 36.9 Å². The van der Waals surface area contributed by atoms with Crippen LogP contribution in [0.1, 0.15) is 34.1 Å². The number of hydrogen-bond acceptors (Lipinski definition) is 5. The second kappa shape index (κ2) is 6.44. The molecule has 1 aliphatic carbocycles. The molecule has 0 saturated carbocycles. The molecule has 0 bridgehead atoms. The van der Waals surface area contributed by atoms with Crippen LogP contribution in [0.3, 0.4) is 0 Å². The van der Waals surface area contributed by atoms with E-state index in [1.54, 1.807) is 6.07 Å². The summed E-state index contributed by atoms with van der Waals surface area (Å²) < 4.78 is 10.4. The van der Waals surface area contributed by atoms with Crippen LogP contribution in [0.4, 0.5) is 0 Å². The van der Waals surface area contributed by atoms with Gasteiger partial charge in [-0.2, -0.15) is 0 Å². The molecule has 0 fully saturated rings. The highest BCUT2D eigenvalue weighted by molar-refractivity contribution is 9.09. The van der Waals surface area contributed by atoms with Crippen LogP contribution in [0.15, 0.2) is 23.3 Å². The van der Waals surface area contributed by atoms with Crippen LogP contribution in [0.25, 0.3) is 0 Å². The second-order valence-corrected chi connectivity index (χ2v) is 5.44. The van der Waals surface area contributed by atoms with Gasteiger partial charge in [-0.15, -0.1) is 0 Å². The first kappa shape index (κ1) is 16.4. The van der Waals surface area contributed by atoms with Crippen molar-refractivity contribution < 1.29 is 23.9 Å². The first-order chi connectivity index (χ1) is 10.4. The van der Waals surface area contributed by atoms with Gasteiger partial charge in [-0.3, -0.25) is 14.4 Å². The third kappa shape index (κ3) is 2.70. The van der Waals surface area contributed by atoms with Gasteiger partial charge in [0.2, 0.25) is 0 Å². The number of hydrogen-bond donors (Lipinski definition) is 0. The molecule has 1 aromatic rings. The van der Waals surface area contributed by atoms with Crippen LogP contribution < -0.4 is 9.47 Å². The van der Waals surface area contributed by atoms with Gasteiger partial charge in [0.15, 0.2) is 11.6 Å². The first-order valence-electron chi connectivity index (χ1n) is 6.57. The van der Waals surface area contributed by atoms with E-state index >= 15 is 0 Å². The van der Waals surface area contributed by atoms with E-state index < -0.39 is 0 Å². The number of fused-ring (bicyclic) bond motifs is 1. The fourth-order valence-electron chi connectivity index (χ4n) is 2.45. The predicted octanol–water partition coefficient (Wildman–Crippen LogP) is 2.75. The molecule has 0 heterocycles. The molecule has 116 valence electrons. The minimum absolute atomic E-state index is 0.0650. The van der Waals surface area contributed by atoms with Gasteiger partial charge in [0.1, 0.15) is 17.3 Å². The number of carbonyl (C=O) groups is 3. The third-order valence-electron chi connectivity index (χ3n) is 3.47. The quantitative estimate of drug-likeness (QED) is 0.749. The normalized spacial score (nSPS) is 14.0. The van der Waals surface area contributed by atoms with Crippen molar-refractivity contribution in [3.63, 3.8) is 0 Å². The number of carbonyl (C=O) groups excluding carboxylic acids is 3. The van der Waals surface area contributed by atoms with E-state index in [1.165, 1.54) is 27.2 Å². The van der Waals surface area contributed by atoms with Crippen molar-refractivity contribution in [1.82, 2.24) is 0 Å². The summed E-state index contributed by atoms with van der Waals surface area (Å²) in [6.07, 6.45) is -0.0650. The van der Waals surface area contributed by atoms with E-state index in [-0.39, 0.29) is 51.6 Å². The minimum atomic E-state index is -0.337. The van der Waals surface area contributed by atoms with Gasteiger partial charge in [0.25, 0.3) is 0 Å². The zero-order chi connectivity index (χ0) is 16.4. The monoisotopic (exact) mass is 366 g/mol. The Hall–Kier alpha value is -1.95. The molecule has 0 N–H and O–H groups in total. The lowest BCUT2D eigenvalue weighted by Gasteiger charge is -2.22. The van der Waals surface area contributed by atoms with E-state index in [0.29, 0.717) is 11.3 Å². The highest BCUT2D eigenvalue weighted by Crippen LogP contribution is 2.37. The van der Waals surface area contributed by atoms with Gasteiger partial charge < -0.3 is 9.47 Å². The summed E-state index contributed by atoms with van der Waals surface area (Å²) in [6, 6.07) is 3.06. The van der Waals surface area contributed by atoms with Crippen molar-refractivity contribution in [3.8, 4) is 11.5 Å². The Kier molecular flexibility index (Phi) is 4.81. The fraction of sp³-hybridized carbons (Fsp3) is 0.312. The molecule has 0 saturated heterocycles. The maximum absolute atomic E-state index is 12.7. The molecule has 22 heavy (non-hydrogen) atoms. The lowest BCUT2D eigenvalue weighted by Crippen LogP contribution is -2.25. The molecule has 0 spiro atoms. The van der Waals surface area contributed by atoms with Gasteiger partial charge in [-0.05, 0) is 13.0 Å². The summed E-state index contributed by atoms with van der Waals surface area (Å²) in [6.45, 7) is 1.39. The summed E-state index contributed by atoms with van der Waals surface area (Å²) in [5.74, 6) is -0.110. The van der Waals surface area contributed by atoms with E-state index in [1.807, 2.05) is 0 Å². The molecule has 0 atom stereocenters. The summed E-state index contributed by atoms with van der Waals surface area (Å²) >= 11 is 3.23.